The Labute approximate surface area is 99.9 Å². The van der Waals surface area contributed by atoms with E-state index in [4.69, 9.17) is 15.9 Å². The third-order valence-corrected chi connectivity index (χ3v) is 2.10. The lowest BCUT2D eigenvalue weighted by molar-refractivity contribution is -0.113. The van der Waals surface area contributed by atoms with Crippen molar-refractivity contribution in [2.45, 2.75) is 13.8 Å². The number of carbonyl (C=O) groups excluding carboxylic acids is 1. The van der Waals surface area contributed by atoms with Gasteiger partial charge in [0.05, 0.1) is 18.4 Å². The van der Waals surface area contributed by atoms with Gasteiger partial charge in [-0.2, -0.15) is 0 Å². The largest absolute Gasteiger partial charge is 0.481 e. The average Bonchev–Trinajstić information content (AvgIpc) is 2.27. The molecule has 0 aromatic heterocycles. The predicted octanol–water partition coefficient (Wildman–Crippen LogP) is 0.607. The van der Waals surface area contributed by atoms with Crippen molar-refractivity contribution in [2.75, 3.05) is 7.11 Å². The molecule has 6 heteroatoms. The summed E-state index contributed by atoms with van der Waals surface area (Å²) in [6.07, 6.45) is 4.30. The van der Waals surface area contributed by atoms with Gasteiger partial charge in [-0.1, -0.05) is 0 Å². The number of Topliss-reactive ketones (excluding diaryl/α,β-unsaturated/α-hetero) is 1. The number of nitrogens with zero attached hydrogens (tertiary/aromatic N) is 1. The van der Waals surface area contributed by atoms with Gasteiger partial charge in [0.25, 0.3) is 0 Å². The molecule has 0 fully saturated rings. The second kappa shape index (κ2) is 5.20. The molecule has 0 aliphatic carbocycles. The number of carbonyl (C=O) groups is 1. The number of hydrazine groups is 1. The molecule has 0 bridgehead atoms. The van der Waals surface area contributed by atoms with Gasteiger partial charge in [-0.25, -0.2) is 0 Å². The molecule has 1 heterocycles. The molecule has 92 valence electrons. The van der Waals surface area contributed by atoms with E-state index in [9.17, 15) is 4.79 Å². The van der Waals surface area contributed by atoms with Crippen molar-refractivity contribution in [3.8, 4) is 0 Å². The molecule has 0 unspecified atom stereocenters. The van der Waals surface area contributed by atoms with Crippen LogP contribution in [-0.4, -0.2) is 24.1 Å². The molecule has 0 saturated carbocycles. The second-order valence-electron chi connectivity index (χ2n) is 3.57. The predicted molar refractivity (Wildman–Crippen MR) is 64.5 cm³/mol. The van der Waals surface area contributed by atoms with Gasteiger partial charge < -0.3 is 15.9 Å². The highest BCUT2D eigenvalue weighted by Crippen LogP contribution is 2.17. The van der Waals surface area contributed by atoms with Crippen LogP contribution in [-0.2, 0) is 9.53 Å². The quantitative estimate of drug-likeness (QED) is 0.622. The minimum absolute atomic E-state index is 0.137. The van der Waals surface area contributed by atoms with E-state index in [1.807, 2.05) is 0 Å². The van der Waals surface area contributed by atoms with Crippen LogP contribution in [0.3, 0.4) is 0 Å². The maximum absolute atomic E-state index is 11.4. The summed E-state index contributed by atoms with van der Waals surface area (Å²) < 4.78 is 5.09. The maximum atomic E-state index is 11.4. The van der Waals surface area contributed by atoms with Crippen LogP contribution in [0, 0.1) is 5.41 Å². The first kappa shape index (κ1) is 12.8. The summed E-state index contributed by atoms with van der Waals surface area (Å²) in [5, 5.41) is 8.83. The Bertz CT molecular complexity index is 431. The highest BCUT2D eigenvalue weighted by molar-refractivity contribution is 5.98. The monoisotopic (exact) mass is 236 g/mol. The summed E-state index contributed by atoms with van der Waals surface area (Å²) in [7, 11) is 1.46. The van der Waals surface area contributed by atoms with Crippen molar-refractivity contribution >= 4 is 12.0 Å². The van der Waals surface area contributed by atoms with Crippen molar-refractivity contribution in [1.29, 1.82) is 5.41 Å². The van der Waals surface area contributed by atoms with Gasteiger partial charge in [0.15, 0.2) is 5.78 Å². The lowest BCUT2D eigenvalue weighted by Crippen LogP contribution is -2.38. The molecule has 4 N–H and O–H groups in total. The molecule has 0 aromatic carbocycles. The standard InChI is InChI=1S/C11H16N4O2/c1-7(13)6-15-9(5-12)4-10(8(2)16)11(14-15)17-3/h4-6,12,14H,13H2,1-3H3/b7-6+,12-5?. The maximum Gasteiger partial charge on any atom is 0.217 e. The molecule has 0 amide bonds. The van der Waals surface area contributed by atoms with Crippen LogP contribution in [0.4, 0.5) is 0 Å². The van der Waals surface area contributed by atoms with Crippen molar-refractivity contribution in [3.63, 3.8) is 0 Å². The number of hydrogen-bond acceptors (Lipinski definition) is 6. The van der Waals surface area contributed by atoms with E-state index in [-0.39, 0.29) is 5.78 Å². The summed E-state index contributed by atoms with van der Waals surface area (Å²) in [6, 6.07) is 0. The Kier molecular flexibility index (Phi) is 3.92. The van der Waals surface area contributed by atoms with Crippen LogP contribution in [0.1, 0.15) is 13.8 Å². The minimum Gasteiger partial charge on any atom is -0.481 e. The fourth-order valence-corrected chi connectivity index (χ4v) is 1.36. The van der Waals surface area contributed by atoms with Crippen molar-refractivity contribution < 1.29 is 9.53 Å². The van der Waals surface area contributed by atoms with Gasteiger partial charge in [0.2, 0.25) is 5.88 Å². The van der Waals surface area contributed by atoms with Crippen LogP contribution < -0.4 is 11.2 Å². The summed E-state index contributed by atoms with van der Waals surface area (Å²) in [6.45, 7) is 3.16. The molecule has 1 aliphatic rings. The molecule has 0 radical (unpaired) electrons. The minimum atomic E-state index is -0.137. The normalized spacial score (nSPS) is 16.3. The van der Waals surface area contributed by atoms with Crippen LogP contribution in [0.25, 0.3) is 0 Å². The summed E-state index contributed by atoms with van der Waals surface area (Å²) in [5.41, 5.74) is 9.89. The zero-order valence-electron chi connectivity index (χ0n) is 10.1. The number of ether oxygens (including phenoxy) is 1. The van der Waals surface area contributed by atoms with E-state index in [1.165, 1.54) is 19.0 Å². The van der Waals surface area contributed by atoms with Crippen LogP contribution in [0.2, 0.25) is 0 Å². The number of methoxy groups -OCH3 is 1. The van der Waals surface area contributed by atoms with E-state index in [1.54, 1.807) is 19.2 Å². The van der Waals surface area contributed by atoms with E-state index >= 15 is 0 Å². The van der Waals surface area contributed by atoms with Gasteiger partial charge >= 0.3 is 0 Å². The SMILES string of the molecule is COC1=C(C(C)=O)C=C(C=N)N(/C=C(\C)N)N1. The molecule has 17 heavy (non-hydrogen) atoms. The number of ketones is 1. The Morgan fingerprint density at radius 2 is 2.24 bits per heavy atom. The lowest BCUT2D eigenvalue weighted by Gasteiger charge is -2.28. The van der Waals surface area contributed by atoms with Gasteiger partial charge in [-0.05, 0) is 19.9 Å². The molecule has 0 saturated heterocycles. The van der Waals surface area contributed by atoms with E-state index in [0.717, 1.165) is 6.21 Å². The highest BCUT2D eigenvalue weighted by atomic mass is 16.5. The average molecular weight is 236 g/mol. The number of rotatable bonds is 4. The molecule has 1 aliphatic heterocycles. The zero-order chi connectivity index (χ0) is 13.0. The number of nitrogens with two attached hydrogens (primary N) is 1. The van der Waals surface area contributed by atoms with Crippen LogP contribution in [0.15, 0.2) is 35.1 Å². The Hall–Kier alpha value is -2.24. The Morgan fingerprint density at radius 3 is 2.65 bits per heavy atom. The molecule has 0 atom stereocenters. The van der Waals surface area contributed by atoms with Gasteiger partial charge in [0.1, 0.15) is 0 Å². The number of hydrogen-bond donors (Lipinski definition) is 3. The number of nitrogens with one attached hydrogen (secondary N) is 2. The zero-order valence-corrected chi connectivity index (χ0v) is 10.1. The highest BCUT2D eigenvalue weighted by Gasteiger charge is 2.20. The van der Waals surface area contributed by atoms with Gasteiger partial charge in [-0.15, -0.1) is 0 Å². The van der Waals surface area contributed by atoms with Crippen molar-refractivity contribution in [1.82, 2.24) is 10.4 Å². The molecule has 0 aromatic rings. The fraction of sp³-hybridized carbons (Fsp3) is 0.273. The summed E-state index contributed by atoms with van der Waals surface area (Å²) >= 11 is 0. The smallest absolute Gasteiger partial charge is 0.217 e. The third kappa shape index (κ3) is 2.87. The number of allylic oxidation sites excluding steroid dienone is 4. The Balaban J connectivity index is 3.18. The second-order valence-corrected chi connectivity index (χ2v) is 3.57. The molecule has 0 spiro atoms. The summed E-state index contributed by atoms with van der Waals surface area (Å²) in [5.74, 6) is 0.197. The topological polar surface area (TPSA) is 91.4 Å². The molecular weight excluding hydrogens is 220 g/mol. The van der Waals surface area contributed by atoms with E-state index in [0.29, 0.717) is 22.9 Å². The molecular formula is C11H16N4O2. The van der Waals surface area contributed by atoms with Gasteiger partial charge in [-0.3, -0.25) is 15.2 Å². The van der Waals surface area contributed by atoms with E-state index in [2.05, 4.69) is 5.43 Å². The van der Waals surface area contributed by atoms with Crippen LogP contribution >= 0.6 is 0 Å². The lowest BCUT2D eigenvalue weighted by atomic mass is 10.1. The van der Waals surface area contributed by atoms with Crippen LogP contribution in [0.5, 0.6) is 0 Å². The Morgan fingerprint density at radius 1 is 1.59 bits per heavy atom. The molecule has 6 nitrogen and oxygen atoms in total. The first-order valence-corrected chi connectivity index (χ1v) is 5.00. The molecule has 1 rings (SSSR count). The summed E-state index contributed by atoms with van der Waals surface area (Å²) in [4.78, 5) is 11.4. The van der Waals surface area contributed by atoms with Crippen molar-refractivity contribution in [2.24, 2.45) is 5.73 Å². The van der Waals surface area contributed by atoms with Crippen molar-refractivity contribution in [3.05, 3.63) is 35.1 Å². The first-order valence-electron chi connectivity index (χ1n) is 5.00. The fourth-order valence-electron chi connectivity index (χ4n) is 1.36. The van der Waals surface area contributed by atoms with E-state index < -0.39 is 0 Å². The van der Waals surface area contributed by atoms with Gasteiger partial charge in [0, 0.05) is 18.1 Å². The first-order chi connectivity index (χ1) is 7.99. The third-order valence-electron chi connectivity index (χ3n) is 2.10.